The van der Waals surface area contributed by atoms with Crippen molar-refractivity contribution in [2.24, 2.45) is 0 Å². The van der Waals surface area contributed by atoms with E-state index in [1.807, 2.05) is 24.3 Å². The number of hydrogen-bond acceptors (Lipinski definition) is 2. The predicted molar refractivity (Wildman–Crippen MR) is 92.4 cm³/mol. The van der Waals surface area contributed by atoms with Gasteiger partial charge in [0.2, 0.25) is 0 Å². The number of nitrogens with zero attached hydrogens (tertiary/aromatic N) is 2. The van der Waals surface area contributed by atoms with Gasteiger partial charge in [0.15, 0.2) is 0 Å². The van der Waals surface area contributed by atoms with Crippen LogP contribution in [0.15, 0.2) is 73.1 Å². The molecule has 0 unspecified atom stereocenters. The number of aryl methyl sites for hydroxylation is 1. The summed E-state index contributed by atoms with van der Waals surface area (Å²) in [5.74, 6) is -0.469. The summed E-state index contributed by atoms with van der Waals surface area (Å²) in [6.07, 6.45) is 5.23. The van der Waals surface area contributed by atoms with Gasteiger partial charge in [-0.3, -0.25) is 4.98 Å². The zero-order valence-electron chi connectivity index (χ0n) is 13.2. The van der Waals surface area contributed by atoms with Crippen molar-refractivity contribution < 1.29 is 8.78 Å². The van der Waals surface area contributed by atoms with Gasteiger partial charge in [-0.05, 0) is 66.9 Å². The molecule has 0 fully saturated rings. The Morgan fingerprint density at radius 3 is 1.88 bits per heavy atom. The molecule has 2 aromatic carbocycles. The van der Waals surface area contributed by atoms with Gasteiger partial charge in [-0.2, -0.15) is 0 Å². The lowest BCUT2D eigenvalue weighted by Gasteiger charge is -2.25. The molecule has 0 saturated heterocycles. The van der Waals surface area contributed by atoms with Gasteiger partial charge in [0.05, 0.1) is 0 Å². The number of benzene rings is 2. The molecule has 3 rings (SSSR count). The molecular formula is C20H18F2N2. The molecule has 0 aliphatic heterocycles. The zero-order valence-corrected chi connectivity index (χ0v) is 13.2. The van der Waals surface area contributed by atoms with Crippen molar-refractivity contribution in [1.82, 2.24) is 4.98 Å². The Bertz CT molecular complexity index is 756. The number of halogens is 2. The highest BCUT2D eigenvalue weighted by Crippen LogP contribution is 2.25. The first-order valence-electron chi connectivity index (χ1n) is 7.90. The van der Waals surface area contributed by atoms with Crippen LogP contribution >= 0.6 is 0 Å². The number of rotatable bonds is 6. The fraction of sp³-hybridized carbons (Fsp3) is 0.150. The summed E-state index contributed by atoms with van der Waals surface area (Å²) in [7, 11) is 0. The van der Waals surface area contributed by atoms with Crippen molar-refractivity contribution in [3.63, 3.8) is 0 Å². The van der Waals surface area contributed by atoms with Gasteiger partial charge in [0.1, 0.15) is 11.6 Å². The van der Waals surface area contributed by atoms with Gasteiger partial charge in [-0.25, -0.2) is 8.78 Å². The average Bonchev–Trinajstić information content (AvgIpc) is 2.62. The summed E-state index contributed by atoms with van der Waals surface area (Å²) in [5, 5.41) is 0. The molecule has 122 valence electrons. The molecule has 0 aliphatic carbocycles. The SMILES string of the molecule is Fc1ccc(CCCN(c2ccncc2)c2ccc(F)cc2)cc1. The standard InChI is InChI=1S/C20H18F2N2/c21-17-5-3-16(4-6-17)2-1-15-24(20-11-13-23-14-12-20)19-9-7-18(22)8-10-19/h3-14H,1-2,15H2. The predicted octanol–water partition coefficient (Wildman–Crippen LogP) is 5.13. The van der Waals surface area contributed by atoms with Crippen LogP contribution in [0.25, 0.3) is 0 Å². The molecule has 4 heteroatoms. The Morgan fingerprint density at radius 1 is 0.708 bits per heavy atom. The topological polar surface area (TPSA) is 16.1 Å². The fourth-order valence-corrected chi connectivity index (χ4v) is 2.64. The van der Waals surface area contributed by atoms with Gasteiger partial charge in [-0.1, -0.05) is 12.1 Å². The molecule has 0 atom stereocenters. The van der Waals surface area contributed by atoms with Crippen LogP contribution in [0.5, 0.6) is 0 Å². The fourth-order valence-electron chi connectivity index (χ4n) is 2.64. The number of anilines is 2. The molecule has 1 aromatic heterocycles. The molecule has 3 aromatic rings. The molecule has 0 saturated carbocycles. The van der Waals surface area contributed by atoms with Crippen molar-refractivity contribution in [3.8, 4) is 0 Å². The number of aromatic nitrogens is 1. The van der Waals surface area contributed by atoms with E-state index in [1.54, 1.807) is 24.5 Å². The van der Waals surface area contributed by atoms with Crippen molar-refractivity contribution in [2.75, 3.05) is 11.4 Å². The largest absolute Gasteiger partial charge is 0.341 e. The average molecular weight is 324 g/mol. The Kier molecular flexibility index (Phi) is 5.16. The number of hydrogen-bond donors (Lipinski definition) is 0. The molecule has 0 spiro atoms. The molecule has 0 aliphatic rings. The number of pyridine rings is 1. The lowest BCUT2D eigenvalue weighted by atomic mass is 10.1. The van der Waals surface area contributed by atoms with Gasteiger partial charge >= 0.3 is 0 Å². The molecule has 0 N–H and O–H groups in total. The molecule has 24 heavy (non-hydrogen) atoms. The van der Waals surface area contributed by atoms with Crippen LogP contribution in [0, 0.1) is 11.6 Å². The maximum atomic E-state index is 13.2. The quantitative estimate of drug-likeness (QED) is 0.625. The van der Waals surface area contributed by atoms with Crippen LogP contribution in [0.4, 0.5) is 20.2 Å². The van der Waals surface area contributed by atoms with E-state index in [1.165, 1.54) is 24.3 Å². The second kappa shape index (κ2) is 7.68. The maximum absolute atomic E-state index is 13.2. The van der Waals surface area contributed by atoms with Crippen molar-refractivity contribution >= 4 is 11.4 Å². The summed E-state index contributed by atoms with van der Waals surface area (Å²) >= 11 is 0. The summed E-state index contributed by atoms with van der Waals surface area (Å²) < 4.78 is 26.2. The van der Waals surface area contributed by atoms with E-state index in [9.17, 15) is 8.78 Å². The first-order chi connectivity index (χ1) is 11.7. The normalized spacial score (nSPS) is 10.6. The van der Waals surface area contributed by atoms with Gasteiger partial charge in [0, 0.05) is 30.3 Å². The van der Waals surface area contributed by atoms with Crippen LogP contribution in [0.1, 0.15) is 12.0 Å². The van der Waals surface area contributed by atoms with Crippen LogP contribution in [-0.2, 0) is 6.42 Å². The second-order valence-electron chi connectivity index (χ2n) is 5.56. The summed E-state index contributed by atoms with van der Waals surface area (Å²) in [6, 6.07) is 16.9. The second-order valence-corrected chi connectivity index (χ2v) is 5.56. The van der Waals surface area contributed by atoms with E-state index < -0.39 is 0 Å². The Morgan fingerprint density at radius 2 is 1.25 bits per heavy atom. The molecule has 0 amide bonds. The molecule has 0 radical (unpaired) electrons. The van der Waals surface area contributed by atoms with Crippen molar-refractivity contribution in [3.05, 3.63) is 90.3 Å². The van der Waals surface area contributed by atoms with Gasteiger partial charge in [0.25, 0.3) is 0 Å². The van der Waals surface area contributed by atoms with Crippen molar-refractivity contribution in [2.45, 2.75) is 12.8 Å². The lowest BCUT2D eigenvalue weighted by molar-refractivity contribution is 0.626. The van der Waals surface area contributed by atoms with Gasteiger partial charge in [-0.15, -0.1) is 0 Å². The molecular weight excluding hydrogens is 306 g/mol. The first-order valence-corrected chi connectivity index (χ1v) is 7.90. The highest BCUT2D eigenvalue weighted by atomic mass is 19.1. The monoisotopic (exact) mass is 324 g/mol. The minimum absolute atomic E-state index is 0.219. The first kappa shape index (κ1) is 16.1. The Hall–Kier alpha value is -2.75. The highest BCUT2D eigenvalue weighted by Gasteiger charge is 2.09. The molecule has 1 heterocycles. The Labute approximate surface area is 140 Å². The minimum atomic E-state index is -0.250. The summed E-state index contributed by atoms with van der Waals surface area (Å²) in [5.41, 5.74) is 3.04. The van der Waals surface area contributed by atoms with Gasteiger partial charge < -0.3 is 4.90 Å². The summed E-state index contributed by atoms with van der Waals surface area (Å²) in [6.45, 7) is 0.771. The van der Waals surface area contributed by atoms with Crippen LogP contribution in [0.3, 0.4) is 0 Å². The van der Waals surface area contributed by atoms with Crippen LogP contribution in [-0.4, -0.2) is 11.5 Å². The molecule has 2 nitrogen and oxygen atoms in total. The van der Waals surface area contributed by atoms with Crippen LogP contribution < -0.4 is 4.90 Å². The summed E-state index contributed by atoms with van der Waals surface area (Å²) in [4.78, 5) is 6.18. The van der Waals surface area contributed by atoms with E-state index in [2.05, 4.69) is 9.88 Å². The zero-order chi connectivity index (χ0) is 16.8. The third-order valence-electron chi connectivity index (χ3n) is 3.87. The van der Waals surface area contributed by atoms with E-state index >= 15 is 0 Å². The maximum Gasteiger partial charge on any atom is 0.123 e. The van der Waals surface area contributed by atoms with E-state index in [-0.39, 0.29) is 11.6 Å². The molecule has 0 bridgehead atoms. The minimum Gasteiger partial charge on any atom is -0.341 e. The van der Waals surface area contributed by atoms with E-state index in [4.69, 9.17) is 0 Å². The van der Waals surface area contributed by atoms with E-state index in [0.717, 1.165) is 36.3 Å². The highest BCUT2D eigenvalue weighted by molar-refractivity contribution is 5.62. The van der Waals surface area contributed by atoms with Crippen LogP contribution in [0.2, 0.25) is 0 Å². The smallest absolute Gasteiger partial charge is 0.123 e. The third-order valence-corrected chi connectivity index (χ3v) is 3.87. The van der Waals surface area contributed by atoms with E-state index in [0.29, 0.717) is 0 Å². The van der Waals surface area contributed by atoms with Crippen molar-refractivity contribution in [1.29, 1.82) is 0 Å². The lowest BCUT2D eigenvalue weighted by Crippen LogP contribution is -2.19. The third kappa shape index (κ3) is 4.16. The Balaban J connectivity index is 1.73.